The molecule has 0 aliphatic heterocycles. The molecule has 0 heteroatoms. The average Bonchev–Trinajstić information content (AvgIpc) is 2.04. The van der Waals surface area contributed by atoms with E-state index in [4.69, 9.17) is 2.74 Å². The largest absolute Gasteiger partial charge is 0.0842 e. The van der Waals surface area contributed by atoms with Crippen LogP contribution in [-0.2, 0) is 0 Å². The second kappa shape index (κ2) is 3.60. The standard InChI is InChI=1S/C10H16/c1-3-9-7-5-6-8-10(9)4-2/h3-4H,5-8H2,1-2H3/i3D,4D. The van der Waals surface area contributed by atoms with Gasteiger partial charge in [0.15, 0.2) is 0 Å². The van der Waals surface area contributed by atoms with Crippen LogP contribution in [0.15, 0.2) is 23.3 Å². The van der Waals surface area contributed by atoms with Crippen LogP contribution in [0.5, 0.6) is 0 Å². The Morgan fingerprint density at radius 3 is 1.80 bits per heavy atom. The molecule has 1 aliphatic rings. The molecule has 0 nitrogen and oxygen atoms in total. The van der Waals surface area contributed by atoms with E-state index >= 15 is 0 Å². The Labute approximate surface area is 66.4 Å². The lowest BCUT2D eigenvalue weighted by Gasteiger charge is -2.16. The summed E-state index contributed by atoms with van der Waals surface area (Å²) in [7, 11) is 0. The van der Waals surface area contributed by atoms with Gasteiger partial charge in [-0.25, -0.2) is 0 Å². The number of rotatable bonds is 0. The van der Waals surface area contributed by atoms with E-state index in [2.05, 4.69) is 0 Å². The Balaban J connectivity index is 2.98. The molecule has 56 valence electrons. The molecule has 1 saturated carbocycles. The van der Waals surface area contributed by atoms with Gasteiger partial charge in [-0.05, 0) is 50.7 Å². The Bertz CT molecular complexity index is 202. The highest BCUT2D eigenvalue weighted by Crippen LogP contribution is 2.27. The Morgan fingerprint density at radius 1 is 1.10 bits per heavy atom. The zero-order chi connectivity index (χ0) is 9.14. The SMILES string of the molecule is [2H]C(C)=C1CCCCC1=C([2H])C. The Morgan fingerprint density at radius 2 is 1.50 bits per heavy atom. The maximum Gasteiger partial charge on any atom is 0.0576 e. The molecule has 10 heavy (non-hydrogen) atoms. The van der Waals surface area contributed by atoms with E-state index in [-0.39, 0.29) is 0 Å². The van der Waals surface area contributed by atoms with Gasteiger partial charge in [0.1, 0.15) is 0 Å². The highest BCUT2D eigenvalue weighted by Gasteiger charge is 2.08. The van der Waals surface area contributed by atoms with Crippen molar-refractivity contribution in [2.24, 2.45) is 0 Å². The highest BCUT2D eigenvalue weighted by molar-refractivity contribution is 5.31. The van der Waals surface area contributed by atoms with E-state index in [1.807, 2.05) is 13.8 Å². The topological polar surface area (TPSA) is 0 Å². The van der Waals surface area contributed by atoms with Crippen LogP contribution < -0.4 is 0 Å². The van der Waals surface area contributed by atoms with Crippen LogP contribution in [0.2, 0.25) is 0 Å². The normalized spacial score (nSPS) is 32.6. The smallest absolute Gasteiger partial charge is 0.0576 e. The average molecular weight is 138 g/mol. The summed E-state index contributed by atoms with van der Waals surface area (Å²) in [6.45, 7) is 3.65. The van der Waals surface area contributed by atoms with Gasteiger partial charge in [-0.1, -0.05) is 12.1 Å². The van der Waals surface area contributed by atoms with Gasteiger partial charge < -0.3 is 0 Å². The zero-order valence-corrected chi connectivity index (χ0v) is 6.83. The fourth-order valence-corrected chi connectivity index (χ4v) is 1.46. The summed E-state index contributed by atoms with van der Waals surface area (Å²) in [5, 5.41) is 0. The molecule has 0 heterocycles. The molecule has 0 aromatic carbocycles. The van der Waals surface area contributed by atoms with E-state index in [1.54, 1.807) is 0 Å². The summed E-state index contributed by atoms with van der Waals surface area (Å²) in [5.41, 5.74) is 2.24. The third-order valence-electron chi connectivity index (χ3n) is 2.07. The molecule has 0 spiro atoms. The lowest BCUT2D eigenvalue weighted by Crippen LogP contribution is -1.97. The van der Waals surface area contributed by atoms with Crippen molar-refractivity contribution in [3.05, 3.63) is 23.3 Å². The molecule has 0 bridgehead atoms. The minimum absolute atomic E-state index is 0.649. The molecule has 0 N–H and O–H groups in total. The first-order valence-corrected chi connectivity index (χ1v) is 3.96. The van der Waals surface area contributed by atoms with E-state index in [1.165, 1.54) is 12.8 Å². The molecular weight excluding hydrogens is 120 g/mol. The molecule has 0 radical (unpaired) electrons. The van der Waals surface area contributed by atoms with E-state index in [0.717, 1.165) is 24.0 Å². The number of hydrogen-bond donors (Lipinski definition) is 0. The van der Waals surface area contributed by atoms with E-state index < -0.39 is 0 Å². The predicted molar refractivity (Wildman–Crippen MR) is 46.0 cm³/mol. The Hall–Kier alpha value is -0.520. The van der Waals surface area contributed by atoms with Crippen molar-refractivity contribution >= 4 is 0 Å². The minimum atomic E-state index is 0.649. The van der Waals surface area contributed by atoms with Crippen LogP contribution in [0.3, 0.4) is 0 Å². The molecule has 1 aliphatic carbocycles. The zero-order valence-electron chi connectivity index (χ0n) is 8.83. The van der Waals surface area contributed by atoms with Crippen molar-refractivity contribution in [2.75, 3.05) is 0 Å². The first kappa shape index (κ1) is 5.17. The summed E-state index contributed by atoms with van der Waals surface area (Å²) < 4.78 is 15.1. The van der Waals surface area contributed by atoms with Crippen molar-refractivity contribution in [3.63, 3.8) is 0 Å². The second-order valence-corrected chi connectivity index (χ2v) is 2.66. The van der Waals surface area contributed by atoms with Gasteiger partial charge >= 0.3 is 0 Å². The fourth-order valence-electron chi connectivity index (χ4n) is 1.46. The number of hydrogen-bond acceptors (Lipinski definition) is 0. The lowest BCUT2D eigenvalue weighted by atomic mass is 9.89. The summed E-state index contributed by atoms with van der Waals surface area (Å²) in [4.78, 5) is 0. The van der Waals surface area contributed by atoms with Crippen molar-refractivity contribution in [1.82, 2.24) is 0 Å². The molecule has 1 fully saturated rings. The van der Waals surface area contributed by atoms with Crippen LogP contribution in [0.4, 0.5) is 0 Å². The van der Waals surface area contributed by atoms with Crippen molar-refractivity contribution in [1.29, 1.82) is 0 Å². The molecular formula is C10H16. The van der Waals surface area contributed by atoms with Gasteiger partial charge in [0, 0.05) is 0 Å². The summed E-state index contributed by atoms with van der Waals surface area (Å²) in [6.07, 6.45) is 4.37. The van der Waals surface area contributed by atoms with Crippen molar-refractivity contribution in [2.45, 2.75) is 39.5 Å². The number of allylic oxidation sites excluding steroid dienone is 4. The van der Waals surface area contributed by atoms with Crippen molar-refractivity contribution < 1.29 is 2.74 Å². The monoisotopic (exact) mass is 138 g/mol. The van der Waals surface area contributed by atoms with Gasteiger partial charge in [-0.3, -0.25) is 0 Å². The maximum atomic E-state index is 7.56. The summed E-state index contributed by atoms with van der Waals surface area (Å²) in [6, 6.07) is 1.30. The van der Waals surface area contributed by atoms with Crippen LogP contribution in [0.25, 0.3) is 0 Å². The quantitative estimate of drug-likeness (QED) is 0.481. The maximum absolute atomic E-state index is 7.56. The van der Waals surface area contributed by atoms with Gasteiger partial charge in [0.05, 0.1) is 2.74 Å². The van der Waals surface area contributed by atoms with Gasteiger partial charge in [0.25, 0.3) is 0 Å². The second-order valence-electron chi connectivity index (χ2n) is 2.66. The predicted octanol–water partition coefficient (Wildman–Crippen LogP) is 3.45. The minimum Gasteiger partial charge on any atom is -0.0842 e. The molecule has 0 unspecified atom stereocenters. The molecule has 0 saturated heterocycles. The molecule has 0 aromatic rings. The Kier molecular flexibility index (Phi) is 1.86. The molecule has 0 amide bonds. The van der Waals surface area contributed by atoms with Crippen LogP contribution in [0.1, 0.15) is 42.3 Å². The molecule has 0 aromatic heterocycles. The van der Waals surface area contributed by atoms with E-state index in [0.29, 0.717) is 12.1 Å². The molecule has 0 atom stereocenters. The first-order chi connectivity index (χ1) is 5.63. The third-order valence-corrected chi connectivity index (χ3v) is 2.07. The van der Waals surface area contributed by atoms with Gasteiger partial charge in [0.2, 0.25) is 0 Å². The third kappa shape index (κ3) is 1.50. The first-order valence-electron chi connectivity index (χ1n) is 4.96. The van der Waals surface area contributed by atoms with Crippen LogP contribution in [0, 0.1) is 0 Å². The lowest BCUT2D eigenvalue weighted by molar-refractivity contribution is 0.677. The van der Waals surface area contributed by atoms with Crippen LogP contribution >= 0.6 is 0 Å². The van der Waals surface area contributed by atoms with Gasteiger partial charge in [-0.15, -0.1) is 0 Å². The highest BCUT2D eigenvalue weighted by atomic mass is 14.1. The molecule has 1 rings (SSSR count). The van der Waals surface area contributed by atoms with Crippen molar-refractivity contribution in [3.8, 4) is 0 Å². The van der Waals surface area contributed by atoms with E-state index in [9.17, 15) is 0 Å². The summed E-state index contributed by atoms with van der Waals surface area (Å²) >= 11 is 0. The summed E-state index contributed by atoms with van der Waals surface area (Å²) in [5.74, 6) is 0. The van der Waals surface area contributed by atoms with Gasteiger partial charge in [-0.2, -0.15) is 0 Å². The fraction of sp³-hybridized carbons (Fsp3) is 0.600. The van der Waals surface area contributed by atoms with Crippen LogP contribution in [-0.4, -0.2) is 0 Å².